The molecule has 0 amide bonds. The van der Waals surface area contributed by atoms with Gasteiger partial charge in [-0.05, 0) is 31.5 Å². The Morgan fingerprint density at radius 1 is 1.33 bits per heavy atom. The van der Waals surface area contributed by atoms with Gasteiger partial charge in [0.1, 0.15) is 0 Å². The molecule has 0 fully saturated rings. The molecule has 0 aliphatic rings. The molecule has 0 aliphatic carbocycles. The van der Waals surface area contributed by atoms with E-state index in [4.69, 9.17) is 0 Å². The molecule has 0 unspecified atom stereocenters. The molecule has 0 aliphatic heterocycles. The van der Waals surface area contributed by atoms with E-state index in [-0.39, 0.29) is 0 Å². The number of benzene rings is 1. The first-order chi connectivity index (χ1) is 8.74. The van der Waals surface area contributed by atoms with Crippen LogP contribution < -0.4 is 5.32 Å². The van der Waals surface area contributed by atoms with Crippen LogP contribution in [0.25, 0.3) is 11.1 Å². The van der Waals surface area contributed by atoms with Crippen LogP contribution in [0.1, 0.15) is 24.5 Å². The molecule has 1 aromatic carbocycles. The smallest absolute Gasteiger partial charge is 0.0568 e. The molecule has 1 N–H and O–H groups in total. The number of hydrogen-bond acceptors (Lipinski definition) is 2. The van der Waals surface area contributed by atoms with Crippen LogP contribution in [-0.2, 0) is 13.1 Å². The summed E-state index contributed by atoms with van der Waals surface area (Å²) in [4.78, 5) is 0. The molecule has 0 saturated carbocycles. The van der Waals surface area contributed by atoms with Crippen LogP contribution in [0, 0.1) is 6.92 Å². The van der Waals surface area contributed by atoms with Gasteiger partial charge in [-0.2, -0.15) is 5.10 Å². The zero-order valence-corrected chi connectivity index (χ0v) is 11.4. The molecule has 3 nitrogen and oxygen atoms in total. The lowest BCUT2D eigenvalue weighted by molar-refractivity contribution is 0.603. The summed E-state index contributed by atoms with van der Waals surface area (Å²) in [6.07, 6.45) is 5.21. The van der Waals surface area contributed by atoms with Crippen molar-refractivity contribution in [3.8, 4) is 11.1 Å². The van der Waals surface area contributed by atoms with Crippen LogP contribution in [0.3, 0.4) is 0 Å². The summed E-state index contributed by atoms with van der Waals surface area (Å²) in [7, 11) is 1.98. The van der Waals surface area contributed by atoms with Gasteiger partial charge in [0.2, 0.25) is 0 Å². The van der Waals surface area contributed by atoms with Crippen molar-refractivity contribution in [3.63, 3.8) is 0 Å². The van der Waals surface area contributed by atoms with E-state index < -0.39 is 0 Å². The van der Waals surface area contributed by atoms with Crippen LogP contribution >= 0.6 is 0 Å². The van der Waals surface area contributed by atoms with E-state index in [2.05, 4.69) is 48.7 Å². The quantitative estimate of drug-likeness (QED) is 0.875. The third kappa shape index (κ3) is 2.79. The number of nitrogens with zero attached hydrogens (tertiary/aromatic N) is 2. The van der Waals surface area contributed by atoms with Crippen molar-refractivity contribution in [1.82, 2.24) is 15.1 Å². The third-order valence-corrected chi connectivity index (χ3v) is 3.03. The molecule has 2 rings (SSSR count). The monoisotopic (exact) mass is 243 g/mol. The van der Waals surface area contributed by atoms with Crippen LogP contribution in [0.5, 0.6) is 0 Å². The van der Waals surface area contributed by atoms with Crippen molar-refractivity contribution in [2.45, 2.75) is 33.4 Å². The summed E-state index contributed by atoms with van der Waals surface area (Å²) >= 11 is 0. The topological polar surface area (TPSA) is 29.9 Å². The number of hydrogen-bond donors (Lipinski definition) is 1. The molecule has 96 valence electrons. The molecule has 1 heterocycles. The molecular formula is C15H21N3. The molecule has 0 spiro atoms. The second-order valence-electron chi connectivity index (χ2n) is 4.68. The predicted octanol–water partition coefficient (Wildman–Crippen LogP) is 2.99. The minimum atomic E-state index is 0.884. The zero-order valence-electron chi connectivity index (χ0n) is 11.4. The molecule has 0 bridgehead atoms. The maximum Gasteiger partial charge on any atom is 0.0568 e. The fourth-order valence-electron chi connectivity index (χ4n) is 2.16. The van der Waals surface area contributed by atoms with E-state index in [9.17, 15) is 0 Å². The van der Waals surface area contributed by atoms with Crippen molar-refractivity contribution in [1.29, 1.82) is 0 Å². The molecule has 0 saturated heterocycles. The average molecular weight is 243 g/mol. The first kappa shape index (κ1) is 12.8. The maximum atomic E-state index is 4.41. The standard InChI is InChI=1S/C15H21N3/c1-4-7-18-11-14(10-17-18)15-8-12(2)5-6-13(15)9-16-3/h5-6,8,10-11,16H,4,7,9H2,1-3H3. The fraction of sp³-hybridized carbons (Fsp3) is 0.400. The lowest BCUT2D eigenvalue weighted by Crippen LogP contribution is -2.06. The van der Waals surface area contributed by atoms with Crippen molar-refractivity contribution in [2.75, 3.05) is 7.05 Å². The summed E-state index contributed by atoms with van der Waals surface area (Å²) in [5.41, 5.74) is 5.09. The largest absolute Gasteiger partial charge is 0.316 e. The third-order valence-electron chi connectivity index (χ3n) is 3.03. The summed E-state index contributed by atoms with van der Waals surface area (Å²) < 4.78 is 2.01. The van der Waals surface area contributed by atoms with Gasteiger partial charge in [-0.25, -0.2) is 0 Å². The van der Waals surface area contributed by atoms with Crippen LogP contribution in [-0.4, -0.2) is 16.8 Å². The Balaban J connectivity index is 2.37. The van der Waals surface area contributed by atoms with Crippen molar-refractivity contribution < 1.29 is 0 Å². The first-order valence-electron chi connectivity index (χ1n) is 6.51. The Bertz CT molecular complexity index is 514. The Labute approximate surface area is 109 Å². The van der Waals surface area contributed by atoms with Gasteiger partial charge < -0.3 is 5.32 Å². The number of nitrogens with one attached hydrogen (secondary N) is 1. The molecule has 0 radical (unpaired) electrons. The van der Waals surface area contributed by atoms with Crippen molar-refractivity contribution >= 4 is 0 Å². The number of rotatable bonds is 5. The van der Waals surface area contributed by atoms with E-state index in [1.165, 1.54) is 22.3 Å². The Kier molecular flexibility index (Phi) is 4.15. The van der Waals surface area contributed by atoms with Crippen LogP contribution in [0.2, 0.25) is 0 Å². The molecular weight excluding hydrogens is 222 g/mol. The van der Waals surface area contributed by atoms with Gasteiger partial charge in [0, 0.05) is 24.8 Å². The highest BCUT2D eigenvalue weighted by Crippen LogP contribution is 2.24. The maximum absolute atomic E-state index is 4.41. The molecule has 3 heteroatoms. The van der Waals surface area contributed by atoms with Gasteiger partial charge in [-0.1, -0.05) is 30.7 Å². The van der Waals surface area contributed by atoms with E-state index in [0.29, 0.717) is 0 Å². The summed E-state index contributed by atoms with van der Waals surface area (Å²) in [5.74, 6) is 0. The second-order valence-corrected chi connectivity index (χ2v) is 4.68. The van der Waals surface area contributed by atoms with Gasteiger partial charge in [-0.15, -0.1) is 0 Å². The Hall–Kier alpha value is -1.61. The Morgan fingerprint density at radius 2 is 2.17 bits per heavy atom. The highest BCUT2D eigenvalue weighted by Gasteiger charge is 2.07. The van der Waals surface area contributed by atoms with E-state index >= 15 is 0 Å². The highest BCUT2D eigenvalue weighted by molar-refractivity contribution is 5.66. The lowest BCUT2D eigenvalue weighted by Gasteiger charge is -2.08. The lowest BCUT2D eigenvalue weighted by atomic mass is 10.00. The molecule has 1 aromatic heterocycles. The average Bonchev–Trinajstić information content (AvgIpc) is 2.81. The minimum absolute atomic E-state index is 0.884. The second kappa shape index (κ2) is 5.83. The van der Waals surface area contributed by atoms with Gasteiger partial charge in [0.25, 0.3) is 0 Å². The minimum Gasteiger partial charge on any atom is -0.316 e. The first-order valence-corrected chi connectivity index (χ1v) is 6.51. The van der Waals surface area contributed by atoms with Gasteiger partial charge in [0.15, 0.2) is 0 Å². The van der Waals surface area contributed by atoms with Crippen molar-refractivity contribution in [3.05, 3.63) is 41.7 Å². The van der Waals surface area contributed by atoms with Gasteiger partial charge in [0.05, 0.1) is 6.20 Å². The van der Waals surface area contributed by atoms with E-state index in [0.717, 1.165) is 19.5 Å². The van der Waals surface area contributed by atoms with E-state index in [1.807, 2.05) is 17.9 Å². The predicted molar refractivity (Wildman–Crippen MR) is 75.5 cm³/mol. The molecule has 2 aromatic rings. The normalized spacial score (nSPS) is 10.8. The summed E-state index contributed by atoms with van der Waals surface area (Å²) in [6.45, 7) is 6.16. The molecule has 0 atom stereocenters. The molecule has 18 heavy (non-hydrogen) atoms. The Morgan fingerprint density at radius 3 is 2.89 bits per heavy atom. The van der Waals surface area contributed by atoms with E-state index in [1.54, 1.807) is 0 Å². The highest BCUT2D eigenvalue weighted by atomic mass is 15.3. The number of aromatic nitrogens is 2. The number of aryl methyl sites for hydroxylation is 2. The van der Waals surface area contributed by atoms with Gasteiger partial charge >= 0.3 is 0 Å². The van der Waals surface area contributed by atoms with Crippen LogP contribution in [0.4, 0.5) is 0 Å². The van der Waals surface area contributed by atoms with Crippen LogP contribution in [0.15, 0.2) is 30.6 Å². The van der Waals surface area contributed by atoms with Gasteiger partial charge in [-0.3, -0.25) is 4.68 Å². The SMILES string of the molecule is CCCn1cc(-c2cc(C)ccc2CNC)cn1. The fourth-order valence-corrected chi connectivity index (χ4v) is 2.16. The summed E-state index contributed by atoms with van der Waals surface area (Å²) in [6, 6.07) is 6.59. The van der Waals surface area contributed by atoms with Crippen molar-refractivity contribution in [2.24, 2.45) is 0 Å². The zero-order chi connectivity index (χ0) is 13.0. The summed E-state index contributed by atoms with van der Waals surface area (Å²) in [5, 5.41) is 7.63.